The van der Waals surface area contributed by atoms with E-state index in [0.29, 0.717) is 31.7 Å². The number of rotatable bonds is 7. The van der Waals surface area contributed by atoms with Gasteiger partial charge < -0.3 is 19.7 Å². The number of fused-ring (bicyclic) bond motifs is 1. The number of hydrogen-bond acceptors (Lipinski definition) is 5. The SMILES string of the molecule is CCOC(=O)C(Cc1ccc(C#CCN2C(=O)c3ccccc3NC2C)cc1)OCC. The summed E-state index contributed by atoms with van der Waals surface area (Å²) in [5, 5.41) is 3.33. The van der Waals surface area contributed by atoms with Crippen LogP contribution in [0.15, 0.2) is 48.5 Å². The van der Waals surface area contributed by atoms with Crippen molar-refractivity contribution < 1.29 is 19.1 Å². The fourth-order valence-electron chi connectivity index (χ4n) is 3.45. The summed E-state index contributed by atoms with van der Waals surface area (Å²) < 4.78 is 10.6. The molecule has 162 valence electrons. The van der Waals surface area contributed by atoms with E-state index in [1.54, 1.807) is 11.8 Å². The van der Waals surface area contributed by atoms with Crippen molar-refractivity contribution in [2.24, 2.45) is 0 Å². The van der Waals surface area contributed by atoms with E-state index in [4.69, 9.17) is 9.47 Å². The Labute approximate surface area is 183 Å². The quantitative estimate of drug-likeness (QED) is 0.549. The predicted molar refractivity (Wildman–Crippen MR) is 120 cm³/mol. The van der Waals surface area contributed by atoms with Crippen LogP contribution in [0, 0.1) is 11.8 Å². The highest BCUT2D eigenvalue weighted by molar-refractivity contribution is 6.01. The second kappa shape index (κ2) is 10.6. The lowest BCUT2D eigenvalue weighted by Crippen LogP contribution is -2.47. The summed E-state index contributed by atoms with van der Waals surface area (Å²) in [6.45, 7) is 6.69. The molecule has 2 aromatic rings. The molecule has 1 heterocycles. The van der Waals surface area contributed by atoms with Crippen LogP contribution in [0.3, 0.4) is 0 Å². The molecule has 0 radical (unpaired) electrons. The minimum atomic E-state index is -0.608. The number of nitrogens with zero attached hydrogens (tertiary/aromatic N) is 1. The van der Waals surface area contributed by atoms with E-state index in [9.17, 15) is 9.59 Å². The maximum atomic E-state index is 12.7. The molecule has 1 N–H and O–H groups in total. The van der Waals surface area contributed by atoms with Gasteiger partial charge in [0.15, 0.2) is 6.10 Å². The van der Waals surface area contributed by atoms with Gasteiger partial charge in [-0.1, -0.05) is 36.1 Å². The highest BCUT2D eigenvalue weighted by atomic mass is 16.6. The van der Waals surface area contributed by atoms with Gasteiger partial charge in [-0.2, -0.15) is 0 Å². The Balaban J connectivity index is 1.62. The van der Waals surface area contributed by atoms with Crippen molar-refractivity contribution in [3.63, 3.8) is 0 Å². The van der Waals surface area contributed by atoms with Gasteiger partial charge in [-0.05, 0) is 50.6 Å². The Bertz CT molecular complexity index is 975. The average Bonchev–Trinajstić information content (AvgIpc) is 2.77. The van der Waals surface area contributed by atoms with Crippen LogP contribution in [0.2, 0.25) is 0 Å². The monoisotopic (exact) mass is 420 g/mol. The van der Waals surface area contributed by atoms with Crippen LogP contribution in [0.5, 0.6) is 0 Å². The summed E-state index contributed by atoms with van der Waals surface area (Å²) >= 11 is 0. The summed E-state index contributed by atoms with van der Waals surface area (Å²) in [5.41, 5.74) is 3.33. The second-order valence-corrected chi connectivity index (χ2v) is 7.20. The van der Waals surface area contributed by atoms with Crippen molar-refractivity contribution in [1.29, 1.82) is 0 Å². The van der Waals surface area contributed by atoms with Crippen LogP contribution in [0.25, 0.3) is 0 Å². The number of ether oxygens (including phenoxy) is 2. The van der Waals surface area contributed by atoms with Crippen LogP contribution in [0.4, 0.5) is 5.69 Å². The van der Waals surface area contributed by atoms with Crippen molar-refractivity contribution in [3.8, 4) is 11.8 Å². The lowest BCUT2D eigenvalue weighted by Gasteiger charge is -2.34. The normalized spacial score (nSPS) is 15.9. The molecule has 0 fully saturated rings. The number of nitrogens with one attached hydrogen (secondary N) is 1. The van der Waals surface area contributed by atoms with Crippen molar-refractivity contribution in [2.45, 2.75) is 39.5 Å². The fourth-order valence-corrected chi connectivity index (χ4v) is 3.45. The van der Waals surface area contributed by atoms with E-state index in [1.165, 1.54) is 0 Å². The van der Waals surface area contributed by atoms with Crippen LogP contribution >= 0.6 is 0 Å². The van der Waals surface area contributed by atoms with E-state index in [-0.39, 0.29) is 18.0 Å². The Morgan fingerprint density at radius 1 is 1.13 bits per heavy atom. The number of anilines is 1. The summed E-state index contributed by atoms with van der Waals surface area (Å²) in [6, 6.07) is 15.2. The molecule has 31 heavy (non-hydrogen) atoms. The highest BCUT2D eigenvalue weighted by Crippen LogP contribution is 2.24. The van der Waals surface area contributed by atoms with E-state index < -0.39 is 6.10 Å². The third-order valence-corrected chi connectivity index (χ3v) is 5.02. The number of esters is 1. The number of carbonyl (C=O) groups is 2. The molecule has 1 amide bonds. The Morgan fingerprint density at radius 3 is 2.58 bits per heavy atom. The van der Waals surface area contributed by atoms with Gasteiger partial charge in [0.1, 0.15) is 0 Å². The molecule has 1 aliphatic heterocycles. The van der Waals surface area contributed by atoms with Gasteiger partial charge in [0.05, 0.1) is 24.9 Å². The summed E-state index contributed by atoms with van der Waals surface area (Å²) in [6.07, 6.45) is -0.285. The molecule has 0 spiro atoms. The van der Waals surface area contributed by atoms with Crippen LogP contribution in [0.1, 0.15) is 42.3 Å². The zero-order chi connectivity index (χ0) is 22.2. The third kappa shape index (κ3) is 5.65. The minimum Gasteiger partial charge on any atom is -0.464 e. The molecule has 0 aliphatic carbocycles. The molecule has 6 nitrogen and oxygen atoms in total. The predicted octanol–water partition coefficient (Wildman–Crippen LogP) is 3.46. The topological polar surface area (TPSA) is 67.9 Å². The first kappa shape index (κ1) is 22.4. The van der Waals surface area contributed by atoms with E-state index in [2.05, 4.69) is 17.2 Å². The molecule has 0 bridgehead atoms. The zero-order valence-corrected chi connectivity index (χ0v) is 18.2. The lowest BCUT2D eigenvalue weighted by molar-refractivity contribution is -0.156. The van der Waals surface area contributed by atoms with Gasteiger partial charge in [0.2, 0.25) is 0 Å². The van der Waals surface area contributed by atoms with Crippen molar-refractivity contribution >= 4 is 17.6 Å². The second-order valence-electron chi connectivity index (χ2n) is 7.20. The number of benzene rings is 2. The average molecular weight is 421 g/mol. The maximum absolute atomic E-state index is 12.7. The van der Waals surface area contributed by atoms with E-state index >= 15 is 0 Å². The molecule has 0 saturated heterocycles. The number of para-hydroxylation sites is 1. The molecule has 2 atom stereocenters. The lowest BCUT2D eigenvalue weighted by atomic mass is 10.1. The summed E-state index contributed by atoms with van der Waals surface area (Å²) in [7, 11) is 0. The Morgan fingerprint density at radius 2 is 1.87 bits per heavy atom. The maximum Gasteiger partial charge on any atom is 0.335 e. The molecule has 1 aliphatic rings. The smallest absolute Gasteiger partial charge is 0.335 e. The summed E-state index contributed by atoms with van der Waals surface area (Å²) in [5.74, 6) is 5.84. The van der Waals surface area contributed by atoms with Gasteiger partial charge in [0.25, 0.3) is 5.91 Å². The van der Waals surface area contributed by atoms with Crippen LogP contribution in [-0.4, -0.2) is 48.8 Å². The van der Waals surface area contributed by atoms with Gasteiger partial charge in [-0.15, -0.1) is 0 Å². The number of carbonyl (C=O) groups excluding carboxylic acids is 2. The van der Waals surface area contributed by atoms with Gasteiger partial charge in [-0.3, -0.25) is 4.79 Å². The van der Waals surface area contributed by atoms with Gasteiger partial charge in [0, 0.05) is 24.3 Å². The first-order valence-electron chi connectivity index (χ1n) is 10.6. The van der Waals surface area contributed by atoms with Gasteiger partial charge >= 0.3 is 5.97 Å². The molecule has 0 saturated carbocycles. The van der Waals surface area contributed by atoms with Crippen molar-refractivity contribution in [2.75, 3.05) is 25.1 Å². The number of hydrogen-bond donors (Lipinski definition) is 1. The molecule has 0 aromatic heterocycles. The molecule has 6 heteroatoms. The largest absolute Gasteiger partial charge is 0.464 e. The fraction of sp³-hybridized carbons (Fsp3) is 0.360. The Kier molecular flexibility index (Phi) is 7.69. The standard InChI is InChI=1S/C25H28N2O4/c1-4-30-23(25(29)31-5-2)17-20-14-12-19(13-15-20)9-8-16-27-18(3)26-22-11-7-6-10-21(22)24(27)28/h6-7,10-15,18,23,26H,4-5,16-17H2,1-3H3. The first-order chi connectivity index (χ1) is 15.0. The molecular formula is C25H28N2O4. The van der Waals surface area contributed by atoms with Crippen LogP contribution in [-0.2, 0) is 20.7 Å². The molecule has 2 unspecified atom stereocenters. The van der Waals surface area contributed by atoms with E-state index in [1.807, 2.05) is 62.4 Å². The third-order valence-electron chi connectivity index (χ3n) is 5.02. The first-order valence-corrected chi connectivity index (χ1v) is 10.6. The molecule has 3 rings (SSSR count). The summed E-state index contributed by atoms with van der Waals surface area (Å²) in [4.78, 5) is 26.5. The van der Waals surface area contributed by atoms with Crippen molar-refractivity contribution in [1.82, 2.24) is 4.90 Å². The minimum absolute atomic E-state index is 0.0209. The van der Waals surface area contributed by atoms with Gasteiger partial charge in [-0.25, -0.2) is 4.79 Å². The van der Waals surface area contributed by atoms with Crippen LogP contribution < -0.4 is 5.32 Å². The molecular weight excluding hydrogens is 392 g/mol. The van der Waals surface area contributed by atoms with E-state index in [0.717, 1.165) is 16.8 Å². The Hall–Kier alpha value is -3.30. The number of amides is 1. The zero-order valence-electron chi connectivity index (χ0n) is 18.2. The van der Waals surface area contributed by atoms with Crippen molar-refractivity contribution in [3.05, 3.63) is 65.2 Å². The highest BCUT2D eigenvalue weighted by Gasteiger charge is 2.28. The molecule has 2 aromatic carbocycles.